The van der Waals surface area contributed by atoms with Crippen molar-refractivity contribution in [3.63, 3.8) is 0 Å². The number of carbonyl (C=O) groups is 1. The molecule has 0 atom stereocenters. The molecule has 4 aromatic carbocycles. The number of rotatable bonds is 8. The summed E-state index contributed by atoms with van der Waals surface area (Å²) < 4.78 is 2.14. The Morgan fingerprint density at radius 1 is 0.718 bits per heavy atom. The van der Waals surface area contributed by atoms with Gasteiger partial charge in [0.25, 0.3) is 0 Å². The van der Waals surface area contributed by atoms with E-state index in [1.807, 2.05) is 30.3 Å². The summed E-state index contributed by atoms with van der Waals surface area (Å²) in [5.74, 6) is 1.11. The van der Waals surface area contributed by atoms with E-state index in [0.29, 0.717) is 25.6 Å². The molecule has 1 heterocycles. The van der Waals surface area contributed by atoms with Crippen LogP contribution in [0.5, 0.6) is 0 Å². The van der Waals surface area contributed by atoms with E-state index in [-0.39, 0.29) is 5.91 Å². The van der Waals surface area contributed by atoms with Crippen LogP contribution in [0.15, 0.2) is 109 Å². The third-order valence-corrected chi connectivity index (χ3v) is 7.98. The highest BCUT2D eigenvalue weighted by atomic mass is 16.2. The van der Waals surface area contributed by atoms with Gasteiger partial charge in [-0.1, -0.05) is 116 Å². The monoisotopic (exact) mass is 513 g/mol. The molecule has 1 fully saturated rings. The lowest BCUT2D eigenvalue weighted by atomic mass is 9.93. The summed E-state index contributed by atoms with van der Waals surface area (Å²) in [7, 11) is 0. The van der Waals surface area contributed by atoms with Crippen molar-refractivity contribution >= 4 is 16.9 Å². The molecule has 39 heavy (non-hydrogen) atoms. The third kappa shape index (κ3) is 5.80. The molecule has 4 nitrogen and oxygen atoms in total. The van der Waals surface area contributed by atoms with Crippen LogP contribution < -0.4 is 0 Å². The molecule has 1 aromatic heterocycles. The Morgan fingerprint density at radius 2 is 1.36 bits per heavy atom. The molecule has 0 spiro atoms. The average Bonchev–Trinajstić information content (AvgIpc) is 3.34. The van der Waals surface area contributed by atoms with E-state index in [4.69, 9.17) is 4.98 Å². The number of nitrogens with zero attached hydrogens (tertiary/aromatic N) is 3. The number of fused-ring (bicyclic) bond motifs is 1. The first-order chi connectivity index (χ1) is 19.2. The number of amides is 1. The van der Waals surface area contributed by atoms with Gasteiger partial charge in [0.1, 0.15) is 12.4 Å². The lowest BCUT2D eigenvalue weighted by Crippen LogP contribution is -2.42. The normalized spacial score (nSPS) is 13.9. The SMILES string of the molecule is O=C(Cn1c(Cc2ccc(-c3ccccc3)cc2)nc2ccccc21)N(Cc1ccccc1)C1CCCCC1. The molecule has 0 saturated heterocycles. The van der Waals surface area contributed by atoms with Crippen molar-refractivity contribution in [1.82, 2.24) is 14.5 Å². The first-order valence-electron chi connectivity index (χ1n) is 14.2. The summed E-state index contributed by atoms with van der Waals surface area (Å²) in [5.41, 5.74) is 6.74. The molecule has 0 bridgehead atoms. The summed E-state index contributed by atoms with van der Waals surface area (Å²) in [6.45, 7) is 0.967. The van der Waals surface area contributed by atoms with Gasteiger partial charge < -0.3 is 9.47 Å². The Morgan fingerprint density at radius 3 is 2.10 bits per heavy atom. The molecule has 0 radical (unpaired) electrons. The molecule has 0 unspecified atom stereocenters. The maximum Gasteiger partial charge on any atom is 0.243 e. The van der Waals surface area contributed by atoms with Crippen LogP contribution in [-0.2, 0) is 24.3 Å². The lowest BCUT2D eigenvalue weighted by molar-refractivity contribution is -0.135. The Bertz CT molecular complexity index is 1520. The summed E-state index contributed by atoms with van der Waals surface area (Å²) in [5, 5.41) is 0. The Hall–Kier alpha value is -4.18. The maximum absolute atomic E-state index is 14.0. The second-order valence-electron chi connectivity index (χ2n) is 10.6. The summed E-state index contributed by atoms with van der Waals surface area (Å²) in [6, 6.07) is 38.0. The van der Waals surface area contributed by atoms with Crippen LogP contribution in [0.25, 0.3) is 22.2 Å². The van der Waals surface area contributed by atoms with E-state index >= 15 is 0 Å². The third-order valence-electron chi connectivity index (χ3n) is 7.98. The minimum atomic E-state index is 0.176. The van der Waals surface area contributed by atoms with Gasteiger partial charge in [0.2, 0.25) is 5.91 Å². The van der Waals surface area contributed by atoms with E-state index in [1.165, 1.54) is 41.5 Å². The maximum atomic E-state index is 14.0. The van der Waals surface area contributed by atoms with Crippen molar-refractivity contribution in [2.75, 3.05) is 0 Å². The predicted molar refractivity (Wildman–Crippen MR) is 158 cm³/mol. The fraction of sp³-hybridized carbons (Fsp3) is 0.257. The number of benzene rings is 4. The summed E-state index contributed by atoms with van der Waals surface area (Å²) in [4.78, 5) is 21.2. The van der Waals surface area contributed by atoms with Crippen LogP contribution in [-0.4, -0.2) is 26.4 Å². The number of hydrogen-bond acceptors (Lipinski definition) is 2. The number of carbonyl (C=O) groups excluding carboxylic acids is 1. The van der Waals surface area contributed by atoms with Gasteiger partial charge in [-0.3, -0.25) is 4.79 Å². The molecule has 1 aliphatic carbocycles. The van der Waals surface area contributed by atoms with E-state index in [0.717, 1.165) is 29.7 Å². The van der Waals surface area contributed by atoms with Crippen molar-refractivity contribution in [3.8, 4) is 11.1 Å². The molecular weight excluding hydrogens is 478 g/mol. The van der Waals surface area contributed by atoms with Crippen LogP contribution in [0.2, 0.25) is 0 Å². The van der Waals surface area contributed by atoms with Gasteiger partial charge in [0, 0.05) is 19.0 Å². The molecule has 6 rings (SSSR count). The van der Waals surface area contributed by atoms with Gasteiger partial charge in [-0.2, -0.15) is 0 Å². The van der Waals surface area contributed by atoms with Crippen LogP contribution in [0.4, 0.5) is 0 Å². The number of para-hydroxylation sites is 2. The van der Waals surface area contributed by atoms with Crippen molar-refractivity contribution in [2.24, 2.45) is 0 Å². The Balaban J connectivity index is 1.28. The molecule has 0 aliphatic heterocycles. The van der Waals surface area contributed by atoms with Crippen molar-refractivity contribution in [1.29, 1.82) is 0 Å². The largest absolute Gasteiger partial charge is 0.334 e. The van der Waals surface area contributed by atoms with Gasteiger partial charge in [-0.25, -0.2) is 4.98 Å². The zero-order valence-corrected chi connectivity index (χ0v) is 22.4. The first-order valence-corrected chi connectivity index (χ1v) is 14.2. The fourth-order valence-electron chi connectivity index (χ4n) is 5.88. The van der Waals surface area contributed by atoms with E-state index < -0.39 is 0 Å². The minimum Gasteiger partial charge on any atom is -0.334 e. The molecule has 5 aromatic rings. The number of hydrogen-bond donors (Lipinski definition) is 0. The van der Waals surface area contributed by atoms with Gasteiger partial charge in [-0.15, -0.1) is 0 Å². The second kappa shape index (κ2) is 11.7. The molecule has 1 saturated carbocycles. The highest BCUT2D eigenvalue weighted by Gasteiger charge is 2.27. The van der Waals surface area contributed by atoms with Crippen molar-refractivity contribution < 1.29 is 4.79 Å². The zero-order chi connectivity index (χ0) is 26.4. The van der Waals surface area contributed by atoms with Gasteiger partial charge >= 0.3 is 0 Å². The predicted octanol–water partition coefficient (Wildman–Crippen LogP) is 7.66. The van der Waals surface area contributed by atoms with Gasteiger partial charge in [0.15, 0.2) is 0 Å². The summed E-state index contributed by atoms with van der Waals surface area (Å²) in [6.07, 6.45) is 6.51. The molecule has 1 aliphatic rings. The van der Waals surface area contributed by atoms with Crippen molar-refractivity contribution in [2.45, 2.75) is 57.7 Å². The van der Waals surface area contributed by atoms with Crippen LogP contribution >= 0.6 is 0 Å². The zero-order valence-electron chi connectivity index (χ0n) is 22.4. The molecular formula is C35H35N3O. The molecule has 1 amide bonds. The fourth-order valence-corrected chi connectivity index (χ4v) is 5.88. The topological polar surface area (TPSA) is 38.1 Å². The van der Waals surface area contributed by atoms with E-state index in [9.17, 15) is 4.79 Å². The molecule has 0 N–H and O–H groups in total. The Labute approximate surface area is 230 Å². The van der Waals surface area contributed by atoms with Crippen LogP contribution in [0.3, 0.4) is 0 Å². The first kappa shape index (κ1) is 25.1. The minimum absolute atomic E-state index is 0.176. The molecule has 196 valence electrons. The highest BCUT2D eigenvalue weighted by Crippen LogP contribution is 2.26. The van der Waals surface area contributed by atoms with Crippen LogP contribution in [0, 0.1) is 0 Å². The molecule has 4 heteroatoms. The smallest absolute Gasteiger partial charge is 0.243 e. The number of imidazole rings is 1. The van der Waals surface area contributed by atoms with Crippen molar-refractivity contribution in [3.05, 3.63) is 126 Å². The highest BCUT2D eigenvalue weighted by molar-refractivity contribution is 5.81. The van der Waals surface area contributed by atoms with E-state index in [2.05, 4.69) is 88.3 Å². The standard InChI is InChI=1S/C35H35N3O/c39-35(37(31-16-8-3-9-17-31)25-28-12-4-1-5-13-28)26-38-33-19-11-10-18-32(33)36-34(38)24-27-20-22-30(23-21-27)29-14-6-2-7-15-29/h1-2,4-7,10-15,18-23,31H,3,8-9,16-17,24-26H2. The van der Waals surface area contributed by atoms with Crippen LogP contribution in [0.1, 0.15) is 49.1 Å². The van der Waals surface area contributed by atoms with E-state index in [1.54, 1.807) is 0 Å². The van der Waals surface area contributed by atoms with Gasteiger partial charge in [-0.05, 0) is 47.2 Å². The average molecular weight is 514 g/mol. The summed E-state index contributed by atoms with van der Waals surface area (Å²) >= 11 is 0. The van der Waals surface area contributed by atoms with Gasteiger partial charge in [0.05, 0.1) is 11.0 Å². The lowest BCUT2D eigenvalue weighted by Gasteiger charge is -2.35. The quantitative estimate of drug-likeness (QED) is 0.214. The second-order valence-corrected chi connectivity index (χ2v) is 10.6. The Kier molecular flexibility index (Phi) is 7.53. The number of aromatic nitrogens is 2.